The third kappa shape index (κ3) is 2.51. The van der Waals surface area contributed by atoms with Crippen LogP contribution in [-0.2, 0) is 5.72 Å². The smallest absolute Gasteiger partial charge is 0.271 e. The first-order chi connectivity index (χ1) is 11.7. The van der Waals surface area contributed by atoms with Crippen molar-refractivity contribution in [1.29, 1.82) is 0 Å². The molecular formula is C20H22FN2O+. The predicted octanol–water partition coefficient (Wildman–Crippen LogP) is 3.48. The summed E-state index contributed by atoms with van der Waals surface area (Å²) in [5.41, 5.74) is 0.739. The summed E-state index contributed by atoms with van der Waals surface area (Å²) >= 11 is 0. The summed E-state index contributed by atoms with van der Waals surface area (Å²) in [6.07, 6.45) is 4.32. The first-order valence-electron chi connectivity index (χ1n) is 8.63. The van der Waals surface area contributed by atoms with Crippen LogP contribution >= 0.6 is 0 Å². The lowest BCUT2D eigenvalue weighted by molar-refractivity contribution is -0.658. The Bertz CT molecular complexity index is 757. The summed E-state index contributed by atoms with van der Waals surface area (Å²) in [6, 6.07) is 16.4. The monoisotopic (exact) mass is 325 g/mol. The van der Waals surface area contributed by atoms with Gasteiger partial charge in [-0.1, -0.05) is 18.2 Å². The van der Waals surface area contributed by atoms with Gasteiger partial charge < -0.3 is 5.11 Å². The number of nitrogens with zero attached hydrogens (tertiary/aromatic N) is 2. The van der Waals surface area contributed by atoms with E-state index in [0.29, 0.717) is 6.54 Å². The Morgan fingerprint density at radius 2 is 1.71 bits per heavy atom. The topological polar surface area (TPSA) is 26.5 Å². The van der Waals surface area contributed by atoms with Crippen molar-refractivity contribution in [2.75, 3.05) is 18.0 Å². The zero-order valence-corrected chi connectivity index (χ0v) is 13.7. The molecular weight excluding hydrogens is 303 g/mol. The highest BCUT2D eigenvalue weighted by atomic mass is 19.1. The van der Waals surface area contributed by atoms with Crippen LogP contribution in [0.4, 0.5) is 10.1 Å². The van der Waals surface area contributed by atoms with Crippen LogP contribution in [0.1, 0.15) is 31.2 Å². The molecule has 0 aromatic heterocycles. The molecule has 4 rings (SSSR count). The van der Waals surface area contributed by atoms with Gasteiger partial charge in [-0.25, -0.2) is 13.9 Å². The van der Waals surface area contributed by atoms with Gasteiger partial charge in [-0.05, 0) is 55.7 Å². The molecule has 2 aliphatic rings. The standard InChI is InChI=1S/C20H22FN2O/c21-17-12-10-16(11-13-17)20(24)15-22(18-7-3-1-4-8-18)19-9-5-2-6-14-23(19)20/h1,3-4,7-8,10-13,24H,2,5-6,9,14-15H2/q+1/t20-/m1/s1. The molecule has 0 unspecified atom stereocenters. The third-order valence-electron chi connectivity index (χ3n) is 5.10. The van der Waals surface area contributed by atoms with Crippen molar-refractivity contribution in [2.45, 2.75) is 31.4 Å². The van der Waals surface area contributed by atoms with E-state index in [0.717, 1.165) is 37.1 Å². The number of aliphatic hydroxyl groups is 1. The van der Waals surface area contributed by atoms with Crippen LogP contribution in [0.15, 0.2) is 54.6 Å². The van der Waals surface area contributed by atoms with E-state index >= 15 is 0 Å². The molecule has 0 saturated carbocycles. The maximum atomic E-state index is 13.3. The lowest BCUT2D eigenvalue weighted by Gasteiger charge is -2.23. The molecule has 124 valence electrons. The molecule has 0 aliphatic carbocycles. The summed E-state index contributed by atoms with van der Waals surface area (Å²) in [6.45, 7) is 1.30. The van der Waals surface area contributed by atoms with Crippen molar-refractivity contribution in [2.24, 2.45) is 0 Å². The lowest BCUT2D eigenvalue weighted by Crippen LogP contribution is -2.41. The SMILES string of the molecule is O[C@@]1(c2ccc(F)cc2)CN(c2ccccc2)C2=[N+]1CCCCC2. The van der Waals surface area contributed by atoms with E-state index in [1.807, 2.05) is 18.2 Å². The van der Waals surface area contributed by atoms with Gasteiger partial charge in [0.15, 0.2) is 6.54 Å². The van der Waals surface area contributed by atoms with Crippen LogP contribution in [0.5, 0.6) is 0 Å². The summed E-state index contributed by atoms with van der Waals surface area (Å²) in [7, 11) is 0. The summed E-state index contributed by atoms with van der Waals surface area (Å²) in [4.78, 5) is 2.22. The first kappa shape index (κ1) is 15.3. The van der Waals surface area contributed by atoms with Gasteiger partial charge in [-0.15, -0.1) is 0 Å². The average Bonchev–Trinajstić information content (AvgIpc) is 2.77. The number of hydrogen-bond acceptors (Lipinski definition) is 2. The number of rotatable bonds is 2. The van der Waals surface area contributed by atoms with Crippen LogP contribution < -0.4 is 4.90 Å². The predicted molar refractivity (Wildman–Crippen MR) is 92.7 cm³/mol. The summed E-state index contributed by atoms with van der Waals surface area (Å²) < 4.78 is 15.5. The van der Waals surface area contributed by atoms with Gasteiger partial charge in [0, 0.05) is 12.0 Å². The zero-order chi connectivity index (χ0) is 16.6. The van der Waals surface area contributed by atoms with Gasteiger partial charge in [0.2, 0.25) is 0 Å². The van der Waals surface area contributed by atoms with Gasteiger partial charge in [0.05, 0.1) is 6.54 Å². The molecule has 0 bridgehead atoms. The van der Waals surface area contributed by atoms with Crippen molar-refractivity contribution in [1.82, 2.24) is 0 Å². The molecule has 24 heavy (non-hydrogen) atoms. The molecule has 1 N–H and O–H groups in total. The second-order valence-electron chi connectivity index (χ2n) is 6.62. The Morgan fingerprint density at radius 3 is 2.46 bits per heavy atom. The molecule has 0 amide bonds. The number of β-amino-alcohol motifs (C(OH)–C–C–N with tert-alkyl or cyclic N) is 1. The minimum absolute atomic E-state index is 0.277. The fourth-order valence-electron chi connectivity index (χ4n) is 3.88. The number of amidine groups is 1. The van der Waals surface area contributed by atoms with Crippen LogP contribution in [0, 0.1) is 5.82 Å². The normalized spacial score (nSPS) is 24.0. The molecule has 1 atom stereocenters. The highest BCUT2D eigenvalue weighted by molar-refractivity contribution is 5.95. The highest BCUT2D eigenvalue weighted by Gasteiger charge is 2.51. The van der Waals surface area contributed by atoms with Crippen molar-refractivity contribution in [3.63, 3.8) is 0 Å². The summed E-state index contributed by atoms with van der Waals surface area (Å²) in [5.74, 6) is 0.894. The Balaban J connectivity index is 1.81. The van der Waals surface area contributed by atoms with Crippen molar-refractivity contribution in [3.05, 3.63) is 66.0 Å². The average molecular weight is 325 g/mol. The third-order valence-corrected chi connectivity index (χ3v) is 5.10. The van der Waals surface area contributed by atoms with E-state index < -0.39 is 5.72 Å². The molecule has 0 saturated heterocycles. The molecule has 4 heteroatoms. The molecule has 2 aromatic carbocycles. The molecule has 0 fully saturated rings. The van der Waals surface area contributed by atoms with Crippen LogP contribution in [0.3, 0.4) is 0 Å². The summed E-state index contributed by atoms with van der Waals surface area (Å²) in [5, 5.41) is 11.5. The quantitative estimate of drug-likeness (QED) is 0.856. The largest absolute Gasteiger partial charge is 0.346 e. The van der Waals surface area contributed by atoms with Gasteiger partial charge >= 0.3 is 0 Å². The number of para-hydroxylation sites is 1. The molecule has 2 aromatic rings. The van der Waals surface area contributed by atoms with Gasteiger partial charge in [0.25, 0.3) is 11.6 Å². The van der Waals surface area contributed by atoms with E-state index in [9.17, 15) is 9.50 Å². The van der Waals surface area contributed by atoms with Crippen molar-refractivity contribution in [3.8, 4) is 0 Å². The molecule has 2 aliphatic heterocycles. The molecule has 2 heterocycles. The molecule has 0 spiro atoms. The van der Waals surface area contributed by atoms with Gasteiger partial charge in [-0.3, -0.25) is 0 Å². The number of benzene rings is 2. The van der Waals surface area contributed by atoms with E-state index in [1.165, 1.54) is 24.4 Å². The minimum atomic E-state index is -1.11. The van der Waals surface area contributed by atoms with E-state index in [1.54, 1.807) is 12.1 Å². The first-order valence-corrected chi connectivity index (χ1v) is 8.63. The van der Waals surface area contributed by atoms with E-state index in [2.05, 4.69) is 21.6 Å². The van der Waals surface area contributed by atoms with Gasteiger partial charge in [0.1, 0.15) is 11.5 Å². The molecule has 3 nitrogen and oxygen atoms in total. The van der Waals surface area contributed by atoms with E-state index in [-0.39, 0.29) is 5.82 Å². The Morgan fingerprint density at radius 1 is 0.958 bits per heavy atom. The van der Waals surface area contributed by atoms with Crippen LogP contribution in [-0.4, -0.2) is 28.6 Å². The van der Waals surface area contributed by atoms with Gasteiger partial charge in [-0.2, -0.15) is 0 Å². The number of hydrogen-bond donors (Lipinski definition) is 1. The van der Waals surface area contributed by atoms with Crippen molar-refractivity contribution < 1.29 is 14.1 Å². The maximum Gasteiger partial charge on any atom is 0.271 e. The fourth-order valence-corrected chi connectivity index (χ4v) is 3.88. The van der Waals surface area contributed by atoms with E-state index in [4.69, 9.17) is 0 Å². The fraction of sp³-hybridized carbons (Fsp3) is 0.350. The Kier molecular flexibility index (Phi) is 3.85. The second kappa shape index (κ2) is 6.02. The highest BCUT2D eigenvalue weighted by Crippen LogP contribution is 2.35. The Labute approximate surface area is 141 Å². The van der Waals surface area contributed by atoms with Crippen molar-refractivity contribution >= 4 is 11.5 Å². The maximum absolute atomic E-state index is 13.3. The second-order valence-corrected chi connectivity index (χ2v) is 6.62. The number of halogens is 1. The van der Waals surface area contributed by atoms with Crippen LogP contribution in [0.25, 0.3) is 0 Å². The number of anilines is 1. The molecule has 0 radical (unpaired) electrons. The Hall–Kier alpha value is -2.20. The van der Waals surface area contributed by atoms with Crippen LogP contribution in [0.2, 0.25) is 0 Å². The lowest BCUT2D eigenvalue weighted by atomic mass is 10.0. The zero-order valence-electron chi connectivity index (χ0n) is 13.7. The minimum Gasteiger partial charge on any atom is -0.346 e.